The third-order valence-electron chi connectivity index (χ3n) is 6.62. The molecule has 0 amide bonds. The van der Waals surface area contributed by atoms with Gasteiger partial charge in [-0.3, -0.25) is 4.68 Å². The minimum atomic E-state index is -3.64. The summed E-state index contributed by atoms with van der Waals surface area (Å²) < 4.78 is 33.3. The van der Waals surface area contributed by atoms with Crippen LogP contribution in [0.15, 0.2) is 29.6 Å². The fourth-order valence-electron chi connectivity index (χ4n) is 4.33. The van der Waals surface area contributed by atoms with Crippen molar-refractivity contribution in [3.05, 3.63) is 40.1 Å². The number of nitrogens with zero attached hydrogens (tertiary/aromatic N) is 4. The highest BCUT2D eigenvalue weighted by Gasteiger charge is 2.28. The second-order valence-corrected chi connectivity index (χ2v) is 13.2. The monoisotopic (exact) mass is 579 g/mol. The Hall–Kier alpha value is -2.60. The molecule has 2 fully saturated rings. The minimum Gasteiger partial charge on any atom is -0.488 e. The zero-order chi connectivity index (χ0) is 27.0. The summed E-state index contributed by atoms with van der Waals surface area (Å²) in [6, 6.07) is 3.89. The van der Waals surface area contributed by atoms with Gasteiger partial charge in [0.25, 0.3) is 0 Å². The summed E-state index contributed by atoms with van der Waals surface area (Å²) in [5.74, 6) is 1.56. The van der Waals surface area contributed by atoms with Crippen LogP contribution in [0.2, 0.25) is 10.0 Å². The first-order valence-electron chi connectivity index (χ1n) is 12.7. The zero-order valence-corrected chi connectivity index (χ0v) is 23.8. The fourth-order valence-corrected chi connectivity index (χ4v) is 5.88. The molecule has 13 heteroatoms. The Balaban J connectivity index is 1.44. The van der Waals surface area contributed by atoms with Gasteiger partial charge in [0.1, 0.15) is 10.8 Å². The third kappa shape index (κ3) is 5.85. The number of halogens is 2. The molecule has 1 aliphatic heterocycles. The van der Waals surface area contributed by atoms with Crippen LogP contribution in [0.25, 0.3) is 0 Å². The predicted molar refractivity (Wildman–Crippen MR) is 149 cm³/mol. The Morgan fingerprint density at radius 1 is 1.08 bits per heavy atom. The van der Waals surface area contributed by atoms with Crippen LogP contribution in [0.3, 0.4) is 0 Å². The van der Waals surface area contributed by atoms with E-state index in [0.29, 0.717) is 22.4 Å². The van der Waals surface area contributed by atoms with E-state index < -0.39 is 15.1 Å². The van der Waals surface area contributed by atoms with E-state index >= 15 is 0 Å². The van der Waals surface area contributed by atoms with Gasteiger partial charge in [0.05, 0.1) is 28.9 Å². The van der Waals surface area contributed by atoms with Crippen LogP contribution < -0.4 is 20.7 Å². The largest absolute Gasteiger partial charge is 0.488 e. The molecule has 0 spiro atoms. The first kappa shape index (κ1) is 27.0. The van der Waals surface area contributed by atoms with Crippen molar-refractivity contribution >= 4 is 56.2 Å². The lowest BCUT2D eigenvalue weighted by molar-refractivity contribution is 0.304. The van der Waals surface area contributed by atoms with Gasteiger partial charge in [-0.2, -0.15) is 10.1 Å². The molecule has 0 radical (unpaired) electrons. The topological polar surface area (TPSA) is 123 Å². The van der Waals surface area contributed by atoms with Crippen molar-refractivity contribution in [2.24, 2.45) is 7.05 Å². The Labute approximate surface area is 232 Å². The van der Waals surface area contributed by atoms with Crippen molar-refractivity contribution in [1.29, 1.82) is 0 Å². The molecule has 1 aliphatic carbocycles. The Kier molecular flexibility index (Phi) is 7.72. The van der Waals surface area contributed by atoms with Crippen LogP contribution in [0.4, 0.5) is 23.1 Å². The summed E-state index contributed by atoms with van der Waals surface area (Å²) in [5.41, 5.74) is 2.02. The normalized spacial score (nSPS) is 16.6. The first-order valence-corrected chi connectivity index (χ1v) is 15.0. The van der Waals surface area contributed by atoms with Gasteiger partial charge < -0.3 is 20.7 Å². The Morgan fingerprint density at radius 2 is 1.82 bits per heavy atom. The smallest absolute Gasteiger partial charge is 0.229 e. The Bertz CT molecular complexity index is 1430. The van der Waals surface area contributed by atoms with Gasteiger partial charge in [-0.15, -0.1) is 0 Å². The maximum atomic E-state index is 12.8. The van der Waals surface area contributed by atoms with Crippen LogP contribution >= 0.6 is 23.2 Å². The van der Waals surface area contributed by atoms with Crippen LogP contribution in [0.5, 0.6) is 5.75 Å². The third-order valence-corrected chi connectivity index (χ3v) is 9.31. The number of rotatable bonds is 9. The van der Waals surface area contributed by atoms with Crippen molar-refractivity contribution in [1.82, 2.24) is 25.1 Å². The molecule has 10 nitrogen and oxygen atoms in total. The van der Waals surface area contributed by atoms with E-state index in [-0.39, 0.29) is 33.6 Å². The molecule has 38 heavy (non-hydrogen) atoms. The number of sulfone groups is 1. The number of hydrogen-bond donors (Lipinski definition) is 3. The summed E-state index contributed by atoms with van der Waals surface area (Å²) in [5, 5.41) is 14.0. The van der Waals surface area contributed by atoms with Crippen LogP contribution in [0.1, 0.15) is 51.0 Å². The lowest BCUT2D eigenvalue weighted by atomic mass is 9.90. The van der Waals surface area contributed by atoms with E-state index in [4.69, 9.17) is 27.9 Å². The van der Waals surface area contributed by atoms with E-state index in [9.17, 15) is 8.42 Å². The Morgan fingerprint density at radius 3 is 2.50 bits per heavy atom. The van der Waals surface area contributed by atoms with Gasteiger partial charge in [-0.25, -0.2) is 13.4 Å². The van der Waals surface area contributed by atoms with E-state index in [1.165, 1.54) is 10.9 Å². The SMILES string of the molecule is CC(C)S(=O)(=O)c1nn(C)cc1Nc1nc(Nc2cc(Cl)c(C3CCNCC3)cc2OC2CC2)ncc1Cl. The molecule has 0 bridgehead atoms. The number of aryl methyl sites for hydroxylation is 1. The van der Waals surface area contributed by atoms with Crippen molar-refractivity contribution < 1.29 is 13.2 Å². The lowest BCUT2D eigenvalue weighted by Crippen LogP contribution is -2.26. The quantitative estimate of drug-likeness (QED) is 0.314. The number of ether oxygens (including phenoxy) is 1. The van der Waals surface area contributed by atoms with Crippen molar-refractivity contribution in [2.45, 2.75) is 61.8 Å². The van der Waals surface area contributed by atoms with E-state index in [1.54, 1.807) is 27.1 Å². The minimum absolute atomic E-state index is 0.0698. The van der Waals surface area contributed by atoms with Crippen molar-refractivity contribution in [3.63, 3.8) is 0 Å². The summed E-state index contributed by atoms with van der Waals surface area (Å²) in [4.78, 5) is 8.83. The summed E-state index contributed by atoms with van der Waals surface area (Å²) >= 11 is 13.1. The summed E-state index contributed by atoms with van der Waals surface area (Å²) in [6.07, 6.45) is 7.28. The maximum absolute atomic E-state index is 12.8. The van der Waals surface area contributed by atoms with E-state index in [1.807, 2.05) is 12.1 Å². The average molecular weight is 581 g/mol. The molecule has 0 unspecified atom stereocenters. The maximum Gasteiger partial charge on any atom is 0.229 e. The number of aromatic nitrogens is 4. The van der Waals surface area contributed by atoms with Gasteiger partial charge in [-0.05, 0) is 76.2 Å². The molecule has 1 saturated heterocycles. The molecule has 1 aromatic carbocycles. The number of nitrogens with one attached hydrogen (secondary N) is 3. The standard InChI is InChI=1S/C25H31Cl2N7O3S/c1-14(2)38(35,36)24-21(13-34(3)33-24)30-23-19(27)12-29-25(32-23)31-20-11-18(26)17(15-6-8-28-9-7-15)10-22(20)37-16-4-5-16/h10-16,28H,4-9H2,1-3H3,(H2,29,30,31,32). The summed E-state index contributed by atoms with van der Waals surface area (Å²) in [6.45, 7) is 5.14. The molecule has 0 atom stereocenters. The predicted octanol–water partition coefficient (Wildman–Crippen LogP) is 5.19. The number of piperidine rings is 1. The molecule has 1 saturated carbocycles. The van der Waals surface area contributed by atoms with Gasteiger partial charge in [0.2, 0.25) is 20.8 Å². The van der Waals surface area contributed by atoms with Gasteiger partial charge >= 0.3 is 0 Å². The molecule has 3 heterocycles. The first-order chi connectivity index (χ1) is 18.1. The highest BCUT2D eigenvalue weighted by Crippen LogP contribution is 2.41. The number of benzene rings is 1. The van der Waals surface area contributed by atoms with Gasteiger partial charge in [-0.1, -0.05) is 23.2 Å². The molecule has 2 aromatic heterocycles. The lowest BCUT2D eigenvalue weighted by Gasteiger charge is -2.25. The molecular weight excluding hydrogens is 549 g/mol. The van der Waals surface area contributed by atoms with Gasteiger partial charge in [0, 0.05) is 18.3 Å². The molecule has 3 aromatic rings. The molecule has 2 aliphatic rings. The second kappa shape index (κ2) is 10.9. The van der Waals surface area contributed by atoms with Gasteiger partial charge in [0.15, 0.2) is 5.82 Å². The van der Waals surface area contributed by atoms with Crippen LogP contribution in [0, 0.1) is 0 Å². The van der Waals surface area contributed by atoms with Crippen LogP contribution in [-0.2, 0) is 16.9 Å². The second-order valence-electron chi connectivity index (χ2n) is 9.97. The van der Waals surface area contributed by atoms with Crippen molar-refractivity contribution in [2.75, 3.05) is 23.7 Å². The van der Waals surface area contributed by atoms with Crippen molar-refractivity contribution in [3.8, 4) is 5.75 Å². The van der Waals surface area contributed by atoms with E-state index in [2.05, 4.69) is 31.0 Å². The number of hydrogen-bond acceptors (Lipinski definition) is 9. The molecule has 5 rings (SSSR count). The van der Waals surface area contributed by atoms with Crippen LogP contribution in [-0.4, -0.2) is 52.6 Å². The molecule has 204 valence electrons. The highest BCUT2D eigenvalue weighted by atomic mass is 35.5. The molecule has 3 N–H and O–H groups in total. The highest BCUT2D eigenvalue weighted by molar-refractivity contribution is 7.92. The zero-order valence-electron chi connectivity index (χ0n) is 21.5. The fraction of sp³-hybridized carbons (Fsp3) is 0.480. The summed E-state index contributed by atoms with van der Waals surface area (Å²) in [7, 11) is -1.99. The number of anilines is 4. The average Bonchev–Trinajstić information content (AvgIpc) is 3.62. The van der Waals surface area contributed by atoms with E-state index in [0.717, 1.165) is 44.3 Å². The molecular formula is C25H31Cl2N7O3S.